The van der Waals surface area contributed by atoms with Crippen molar-refractivity contribution in [2.75, 3.05) is 26.2 Å². The molecular weight excluding hydrogens is 248 g/mol. The first-order valence-corrected chi connectivity index (χ1v) is 8.02. The highest BCUT2D eigenvalue weighted by atomic mass is 16.5. The Labute approximate surface area is 122 Å². The molecule has 2 atom stereocenters. The first-order valence-electron chi connectivity index (χ1n) is 8.02. The third-order valence-corrected chi connectivity index (χ3v) is 4.48. The fourth-order valence-electron chi connectivity index (χ4n) is 3.47. The molecule has 0 aliphatic carbocycles. The zero-order chi connectivity index (χ0) is 13.8. The molecule has 110 valence electrons. The summed E-state index contributed by atoms with van der Waals surface area (Å²) in [7, 11) is 0. The Morgan fingerprint density at radius 1 is 1.35 bits per heavy atom. The minimum absolute atomic E-state index is 0.429. The van der Waals surface area contributed by atoms with Crippen molar-refractivity contribution in [1.82, 2.24) is 10.2 Å². The lowest BCUT2D eigenvalue weighted by atomic mass is 9.93. The number of benzene rings is 1. The van der Waals surface area contributed by atoms with Crippen molar-refractivity contribution >= 4 is 0 Å². The molecule has 3 heteroatoms. The van der Waals surface area contributed by atoms with E-state index in [9.17, 15) is 0 Å². The zero-order valence-electron chi connectivity index (χ0n) is 12.5. The van der Waals surface area contributed by atoms with Crippen LogP contribution in [-0.2, 0) is 11.3 Å². The third kappa shape index (κ3) is 3.05. The maximum Gasteiger partial charge on any atom is 0.0702 e. The van der Waals surface area contributed by atoms with Crippen molar-refractivity contribution in [3.63, 3.8) is 0 Å². The number of hydrogen-bond donors (Lipinski definition) is 1. The molecule has 20 heavy (non-hydrogen) atoms. The molecule has 1 aromatic carbocycles. The van der Waals surface area contributed by atoms with Crippen LogP contribution < -0.4 is 5.32 Å². The quantitative estimate of drug-likeness (QED) is 0.913. The number of likely N-dealkylation sites (tertiary alicyclic amines) is 1. The van der Waals surface area contributed by atoms with Gasteiger partial charge in [-0.25, -0.2) is 0 Å². The fraction of sp³-hybridized carbons (Fsp3) is 0.647. The fourth-order valence-corrected chi connectivity index (χ4v) is 3.47. The molecule has 1 aromatic rings. The molecule has 1 N–H and O–H groups in total. The summed E-state index contributed by atoms with van der Waals surface area (Å²) in [6, 6.07) is 9.40. The molecule has 0 amide bonds. The van der Waals surface area contributed by atoms with Crippen molar-refractivity contribution in [2.45, 2.75) is 44.9 Å². The van der Waals surface area contributed by atoms with Crippen LogP contribution >= 0.6 is 0 Å². The van der Waals surface area contributed by atoms with Gasteiger partial charge in [0.15, 0.2) is 0 Å². The lowest BCUT2D eigenvalue weighted by Gasteiger charge is -2.40. The van der Waals surface area contributed by atoms with Crippen LogP contribution in [0.5, 0.6) is 0 Å². The van der Waals surface area contributed by atoms with E-state index in [1.165, 1.54) is 30.5 Å². The largest absolute Gasteiger partial charge is 0.377 e. The van der Waals surface area contributed by atoms with Gasteiger partial charge in [-0.1, -0.05) is 31.2 Å². The second kappa shape index (κ2) is 6.70. The van der Waals surface area contributed by atoms with Crippen LogP contribution in [0.15, 0.2) is 24.3 Å². The number of hydrogen-bond acceptors (Lipinski definition) is 3. The van der Waals surface area contributed by atoms with Crippen LogP contribution in [0.25, 0.3) is 0 Å². The van der Waals surface area contributed by atoms with Gasteiger partial charge < -0.3 is 10.1 Å². The summed E-state index contributed by atoms with van der Waals surface area (Å²) in [5, 5.41) is 3.56. The van der Waals surface area contributed by atoms with E-state index in [-0.39, 0.29) is 0 Å². The second-order valence-corrected chi connectivity index (χ2v) is 5.98. The highest BCUT2D eigenvalue weighted by molar-refractivity contribution is 5.32. The minimum atomic E-state index is 0.429. The van der Waals surface area contributed by atoms with Gasteiger partial charge in [-0.2, -0.15) is 0 Å². The monoisotopic (exact) mass is 274 g/mol. The Bertz CT molecular complexity index is 435. The Morgan fingerprint density at radius 3 is 3.15 bits per heavy atom. The lowest BCUT2D eigenvalue weighted by Crippen LogP contribution is -2.46. The lowest BCUT2D eigenvalue weighted by molar-refractivity contribution is -0.0137. The number of rotatable bonds is 4. The molecule has 2 aliphatic heterocycles. The first kappa shape index (κ1) is 14.1. The third-order valence-electron chi connectivity index (χ3n) is 4.48. The minimum Gasteiger partial charge on any atom is -0.377 e. The molecule has 2 unspecified atom stereocenters. The summed E-state index contributed by atoms with van der Waals surface area (Å²) in [6.07, 6.45) is 4.02. The van der Waals surface area contributed by atoms with Gasteiger partial charge in [0.1, 0.15) is 0 Å². The van der Waals surface area contributed by atoms with Gasteiger partial charge in [0.05, 0.1) is 6.10 Å². The van der Waals surface area contributed by atoms with Crippen LogP contribution in [0, 0.1) is 0 Å². The Kier molecular flexibility index (Phi) is 4.71. The van der Waals surface area contributed by atoms with Gasteiger partial charge in [-0.05, 0) is 36.9 Å². The van der Waals surface area contributed by atoms with Crippen LogP contribution in [0.3, 0.4) is 0 Å². The van der Waals surface area contributed by atoms with Crippen molar-refractivity contribution in [3.8, 4) is 0 Å². The zero-order valence-corrected chi connectivity index (χ0v) is 12.5. The molecule has 3 rings (SSSR count). The summed E-state index contributed by atoms with van der Waals surface area (Å²) in [6.45, 7) is 7.45. The molecule has 1 saturated heterocycles. The summed E-state index contributed by atoms with van der Waals surface area (Å²) >= 11 is 0. The van der Waals surface area contributed by atoms with E-state index in [0.717, 1.165) is 32.7 Å². The van der Waals surface area contributed by atoms with E-state index in [4.69, 9.17) is 4.74 Å². The van der Waals surface area contributed by atoms with Gasteiger partial charge in [0, 0.05) is 32.3 Å². The van der Waals surface area contributed by atoms with Gasteiger partial charge in [-0.15, -0.1) is 0 Å². The Morgan fingerprint density at radius 2 is 2.25 bits per heavy atom. The van der Waals surface area contributed by atoms with Gasteiger partial charge in [0.25, 0.3) is 0 Å². The Hall–Kier alpha value is -0.900. The predicted octanol–water partition coefficient (Wildman–Crippen LogP) is 2.72. The van der Waals surface area contributed by atoms with Crippen molar-refractivity contribution in [1.29, 1.82) is 0 Å². The van der Waals surface area contributed by atoms with E-state index in [1.54, 1.807) is 0 Å². The SMILES string of the molecule is CCCOC1CCCN(C2CNCc3ccccc32)C1. The highest BCUT2D eigenvalue weighted by Crippen LogP contribution is 2.30. The number of nitrogens with one attached hydrogen (secondary N) is 1. The Balaban J connectivity index is 1.70. The number of fused-ring (bicyclic) bond motifs is 1. The van der Waals surface area contributed by atoms with E-state index in [2.05, 4.69) is 41.4 Å². The average Bonchev–Trinajstić information content (AvgIpc) is 2.52. The maximum absolute atomic E-state index is 5.98. The predicted molar refractivity (Wildman–Crippen MR) is 81.7 cm³/mol. The first-order chi connectivity index (χ1) is 9.88. The van der Waals surface area contributed by atoms with E-state index in [1.807, 2.05) is 0 Å². The van der Waals surface area contributed by atoms with E-state index < -0.39 is 0 Å². The maximum atomic E-state index is 5.98. The normalized spacial score (nSPS) is 27.2. The molecule has 2 aliphatic rings. The molecular formula is C17H26N2O. The highest BCUT2D eigenvalue weighted by Gasteiger charge is 2.29. The summed E-state index contributed by atoms with van der Waals surface area (Å²) in [5.74, 6) is 0. The van der Waals surface area contributed by atoms with Crippen molar-refractivity contribution in [3.05, 3.63) is 35.4 Å². The molecule has 0 radical (unpaired) electrons. The average molecular weight is 274 g/mol. The van der Waals surface area contributed by atoms with Crippen LogP contribution in [-0.4, -0.2) is 37.2 Å². The number of piperidine rings is 1. The molecule has 2 heterocycles. The summed E-state index contributed by atoms with van der Waals surface area (Å²) < 4.78 is 5.98. The van der Waals surface area contributed by atoms with Crippen LogP contribution in [0.1, 0.15) is 43.4 Å². The standard InChI is InChI=1S/C17H26N2O/c1-2-10-20-15-7-5-9-19(13-15)17-12-18-11-14-6-3-4-8-16(14)17/h3-4,6,8,15,17-18H,2,5,7,9-13H2,1H3. The second-order valence-electron chi connectivity index (χ2n) is 5.98. The molecule has 0 spiro atoms. The van der Waals surface area contributed by atoms with Gasteiger partial charge >= 0.3 is 0 Å². The topological polar surface area (TPSA) is 24.5 Å². The molecule has 1 fully saturated rings. The van der Waals surface area contributed by atoms with E-state index in [0.29, 0.717) is 12.1 Å². The van der Waals surface area contributed by atoms with Gasteiger partial charge in [0.2, 0.25) is 0 Å². The molecule has 0 saturated carbocycles. The number of nitrogens with zero attached hydrogens (tertiary/aromatic N) is 1. The molecule has 0 aromatic heterocycles. The number of ether oxygens (including phenoxy) is 1. The van der Waals surface area contributed by atoms with Gasteiger partial charge in [-0.3, -0.25) is 4.90 Å². The van der Waals surface area contributed by atoms with Crippen LogP contribution in [0.2, 0.25) is 0 Å². The molecule has 0 bridgehead atoms. The summed E-state index contributed by atoms with van der Waals surface area (Å²) in [5.41, 5.74) is 2.97. The van der Waals surface area contributed by atoms with Crippen molar-refractivity contribution in [2.24, 2.45) is 0 Å². The van der Waals surface area contributed by atoms with E-state index >= 15 is 0 Å². The smallest absolute Gasteiger partial charge is 0.0702 e. The van der Waals surface area contributed by atoms with Crippen LogP contribution in [0.4, 0.5) is 0 Å². The summed E-state index contributed by atoms with van der Waals surface area (Å²) in [4.78, 5) is 2.62. The van der Waals surface area contributed by atoms with Crippen molar-refractivity contribution < 1.29 is 4.74 Å². The molecule has 3 nitrogen and oxygen atoms in total.